The first-order chi connectivity index (χ1) is 4.57. The Balaban J connectivity index is 3.46. The van der Waals surface area contributed by atoms with Gasteiger partial charge in [0.2, 0.25) is 0 Å². The molecule has 3 heteroatoms. The average molecular weight is 153 g/mol. The van der Waals surface area contributed by atoms with E-state index in [9.17, 15) is 13.2 Å². The van der Waals surface area contributed by atoms with Gasteiger partial charge in [-0.1, -0.05) is 6.92 Å². The van der Waals surface area contributed by atoms with Gasteiger partial charge in [0, 0.05) is 6.42 Å². The largest absolute Gasteiger partial charge is 0.247 e. The second-order valence-electron chi connectivity index (χ2n) is 2.32. The second kappa shape index (κ2) is 4.58. The van der Waals surface area contributed by atoms with Crippen molar-refractivity contribution in [3.63, 3.8) is 0 Å². The van der Waals surface area contributed by atoms with Gasteiger partial charge < -0.3 is 0 Å². The molecule has 0 bridgehead atoms. The molecule has 0 nitrogen and oxygen atoms in total. The molecule has 0 saturated heterocycles. The van der Waals surface area contributed by atoms with Crippen LogP contribution in [0.3, 0.4) is 0 Å². The summed E-state index contributed by atoms with van der Waals surface area (Å²) in [5.41, 5.74) is 0. The molecule has 0 N–H and O–H groups in total. The van der Waals surface area contributed by atoms with E-state index in [0.717, 1.165) is 6.92 Å². The molecule has 0 aromatic rings. The van der Waals surface area contributed by atoms with Crippen molar-refractivity contribution >= 4 is 0 Å². The third-order valence-corrected chi connectivity index (χ3v) is 1.29. The predicted octanol–water partition coefficient (Wildman–Crippen LogP) is 2.63. The highest BCUT2D eigenvalue weighted by atomic mass is 19.2. The van der Waals surface area contributed by atoms with E-state index in [1.807, 2.05) is 0 Å². The maximum absolute atomic E-state index is 12.3. The number of halogens is 3. The molecule has 0 fully saturated rings. The second-order valence-corrected chi connectivity index (χ2v) is 2.32. The molecule has 0 amide bonds. The molecule has 1 radical (unpaired) electrons. The van der Waals surface area contributed by atoms with E-state index < -0.39 is 18.5 Å². The molecule has 0 saturated carbocycles. The van der Waals surface area contributed by atoms with Gasteiger partial charge in [-0.3, -0.25) is 0 Å². The molecule has 61 valence electrons. The van der Waals surface area contributed by atoms with E-state index in [1.165, 1.54) is 0 Å². The molecule has 0 aliphatic rings. The molecule has 2 unspecified atom stereocenters. The first-order valence-corrected chi connectivity index (χ1v) is 3.29. The van der Waals surface area contributed by atoms with Crippen molar-refractivity contribution in [2.45, 2.75) is 38.3 Å². The zero-order valence-electron chi connectivity index (χ0n) is 5.99. The normalized spacial score (nSPS) is 20.1. The van der Waals surface area contributed by atoms with Crippen molar-refractivity contribution in [2.24, 2.45) is 0 Å². The van der Waals surface area contributed by atoms with Crippen molar-refractivity contribution in [1.82, 2.24) is 0 Å². The van der Waals surface area contributed by atoms with Gasteiger partial charge >= 0.3 is 0 Å². The Morgan fingerprint density at radius 3 is 2.10 bits per heavy atom. The summed E-state index contributed by atoms with van der Waals surface area (Å²) >= 11 is 0. The fraction of sp³-hybridized carbons (Fsp3) is 0.857. The van der Waals surface area contributed by atoms with Crippen LogP contribution in [0.2, 0.25) is 0 Å². The molecule has 0 aromatic carbocycles. The van der Waals surface area contributed by atoms with Gasteiger partial charge in [-0.15, -0.1) is 0 Å². The van der Waals surface area contributed by atoms with E-state index in [4.69, 9.17) is 0 Å². The maximum atomic E-state index is 12.3. The summed E-state index contributed by atoms with van der Waals surface area (Å²) in [6.07, 6.45) is -4.94. The van der Waals surface area contributed by atoms with Crippen LogP contribution < -0.4 is 0 Å². The van der Waals surface area contributed by atoms with E-state index in [2.05, 4.69) is 6.92 Å². The predicted molar refractivity (Wildman–Crippen MR) is 35.0 cm³/mol. The van der Waals surface area contributed by atoms with Crippen LogP contribution in [0.25, 0.3) is 0 Å². The Morgan fingerprint density at radius 2 is 1.80 bits per heavy atom. The Hall–Kier alpha value is -0.210. The summed E-state index contributed by atoms with van der Waals surface area (Å²) in [5.74, 6) is 0. The van der Waals surface area contributed by atoms with Crippen LogP contribution in [0.5, 0.6) is 0 Å². The van der Waals surface area contributed by atoms with Crippen LogP contribution in [0, 0.1) is 6.92 Å². The van der Waals surface area contributed by atoms with Gasteiger partial charge in [0.05, 0.1) is 0 Å². The third kappa shape index (κ3) is 3.75. The Labute approximate surface area is 59.4 Å². The smallest absolute Gasteiger partial charge is 0.134 e. The lowest BCUT2D eigenvalue weighted by atomic mass is 10.1. The summed E-state index contributed by atoms with van der Waals surface area (Å²) < 4.78 is 36.6. The van der Waals surface area contributed by atoms with Crippen LogP contribution in [-0.2, 0) is 0 Å². The molecule has 0 heterocycles. The molecule has 0 aliphatic heterocycles. The number of alkyl halides is 3. The molecular weight excluding hydrogens is 141 g/mol. The van der Waals surface area contributed by atoms with Gasteiger partial charge in [0.1, 0.15) is 18.5 Å². The maximum Gasteiger partial charge on any atom is 0.134 e. The van der Waals surface area contributed by atoms with Gasteiger partial charge in [0.25, 0.3) is 0 Å². The molecule has 3 atom stereocenters. The highest BCUT2D eigenvalue weighted by molar-refractivity contribution is 4.69. The number of hydrogen-bond donors (Lipinski definition) is 0. The van der Waals surface area contributed by atoms with Crippen molar-refractivity contribution in [3.05, 3.63) is 6.92 Å². The van der Waals surface area contributed by atoms with E-state index >= 15 is 0 Å². The first kappa shape index (κ1) is 9.79. The van der Waals surface area contributed by atoms with Crippen molar-refractivity contribution in [1.29, 1.82) is 0 Å². The highest BCUT2D eigenvalue weighted by Crippen LogP contribution is 2.13. The van der Waals surface area contributed by atoms with Gasteiger partial charge in [-0.2, -0.15) is 0 Å². The monoisotopic (exact) mass is 153 g/mol. The molecular formula is C7H12F3. The van der Waals surface area contributed by atoms with E-state index in [0.29, 0.717) is 0 Å². The number of rotatable bonds is 4. The van der Waals surface area contributed by atoms with Crippen molar-refractivity contribution in [2.75, 3.05) is 0 Å². The van der Waals surface area contributed by atoms with Crippen molar-refractivity contribution < 1.29 is 13.2 Å². The standard InChI is InChI=1S/C7H12F3/c1-3-6(9)4-7(10)5(2)8/h5-7H,1,3-4H2,2H3/t5?,6?,7-/m0/s1. The fourth-order valence-electron chi connectivity index (χ4n) is 0.550. The Kier molecular flexibility index (Phi) is 4.49. The quantitative estimate of drug-likeness (QED) is 0.582. The lowest BCUT2D eigenvalue weighted by Crippen LogP contribution is -2.18. The summed E-state index contributed by atoms with van der Waals surface area (Å²) in [6.45, 7) is 4.32. The Morgan fingerprint density at radius 1 is 1.30 bits per heavy atom. The van der Waals surface area contributed by atoms with Crippen LogP contribution in [0.4, 0.5) is 13.2 Å². The van der Waals surface area contributed by atoms with Crippen LogP contribution in [0.15, 0.2) is 0 Å². The molecule has 0 aromatic heterocycles. The van der Waals surface area contributed by atoms with Crippen LogP contribution >= 0.6 is 0 Å². The van der Waals surface area contributed by atoms with E-state index in [-0.39, 0.29) is 12.8 Å². The summed E-state index contributed by atoms with van der Waals surface area (Å²) in [5, 5.41) is 0. The third-order valence-electron chi connectivity index (χ3n) is 1.29. The topological polar surface area (TPSA) is 0 Å². The average Bonchev–Trinajstić information content (AvgIpc) is 1.87. The van der Waals surface area contributed by atoms with E-state index in [1.54, 1.807) is 0 Å². The number of hydrogen-bond acceptors (Lipinski definition) is 0. The molecule has 10 heavy (non-hydrogen) atoms. The highest BCUT2D eigenvalue weighted by Gasteiger charge is 2.19. The molecule has 0 aliphatic carbocycles. The van der Waals surface area contributed by atoms with Crippen LogP contribution in [-0.4, -0.2) is 18.5 Å². The molecule has 0 spiro atoms. The first-order valence-electron chi connectivity index (χ1n) is 3.29. The summed E-state index contributed by atoms with van der Waals surface area (Å²) in [6, 6.07) is 0. The summed E-state index contributed by atoms with van der Waals surface area (Å²) in [7, 11) is 0. The van der Waals surface area contributed by atoms with Gasteiger partial charge in [0.15, 0.2) is 0 Å². The van der Waals surface area contributed by atoms with Crippen molar-refractivity contribution in [3.8, 4) is 0 Å². The van der Waals surface area contributed by atoms with Gasteiger partial charge in [-0.05, 0) is 13.3 Å². The Bertz CT molecular complexity index is 82.9. The zero-order chi connectivity index (χ0) is 8.15. The summed E-state index contributed by atoms with van der Waals surface area (Å²) in [4.78, 5) is 0. The minimum absolute atomic E-state index is 0.00708. The van der Waals surface area contributed by atoms with Gasteiger partial charge in [-0.25, -0.2) is 13.2 Å². The van der Waals surface area contributed by atoms with Crippen LogP contribution in [0.1, 0.15) is 19.8 Å². The fourth-order valence-corrected chi connectivity index (χ4v) is 0.550. The minimum atomic E-state index is -1.68. The SMILES string of the molecule is [CH2]CC(F)C[C@H](F)C(C)F. The zero-order valence-corrected chi connectivity index (χ0v) is 5.99. The lowest BCUT2D eigenvalue weighted by molar-refractivity contribution is 0.136. The molecule has 0 rings (SSSR count). The lowest BCUT2D eigenvalue weighted by Gasteiger charge is -2.10. The minimum Gasteiger partial charge on any atom is -0.247 e.